The predicted molar refractivity (Wildman–Crippen MR) is 94.4 cm³/mol. The van der Waals surface area contributed by atoms with Crippen LogP contribution in [0.2, 0.25) is 0 Å². The molecule has 0 spiro atoms. The molecule has 1 saturated heterocycles. The number of imide groups is 1. The van der Waals surface area contributed by atoms with E-state index in [1.165, 1.54) is 0 Å². The number of benzene rings is 1. The number of aromatic nitrogens is 2. The van der Waals surface area contributed by atoms with E-state index >= 15 is 0 Å². The molecule has 25 heavy (non-hydrogen) atoms. The quantitative estimate of drug-likeness (QED) is 0.768. The summed E-state index contributed by atoms with van der Waals surface area (Å²) in [6.45, 7) is 5.72. The molecule has 2 heterocycles. The van der Waals surface area contributed by atoms with Crippen LogP contribution in [0.3, 0.4) is 0 Å². The van der Waals surface area contributed by atoms with Crippen molar-refractivity contribution >= 4 is 27.9 Å². The van der Waals surface area contributed by atoms with Crippen molar-refractivity contribution in [2.75, 3.05) is 0 Å². The van der Waals surface area contributed by atoms with Gasteiger partial charge in [0.25, 0.3) is 5.91 Å². The number of nitrogens with one attached hydrogen (secondary N) is 1. The largest absolute Gasteiger partial charge is 0.419 e. The molecule has 1 fully saturated rings. The number of halogens is 1. The number of rotatable bonds is 5. The van der Waals surface area contributed by atoms with E-state index in [2.05, 4.69) is 31.4 Å². The molecule has 0 bridgehead atoms. The maximum Gasteiger partial charge on any atom is 0.325 e. The summed E-state index contributed by atoms with van der Waals surface area (Å²) in [5.74, 6) is 0.550. The average Bonchev–Trinajstić information content (AvgIpc) is 3.06. The second-order valence-electron chi connectivity index (χ2n) is 6.73. The van der Waals surface area contributed by atoms with Crippen LogP contribution < -0.4 is 5.32 Å². The number of amides is 3. The number of carbonyl (C=O) groups excluding carboxylic acids is 2. The van der Waals surface area contributed by atoms with E-state index in [4.69, 9.17) is 4.42 Å². The van der Waals surface area contributed by atoms with E-state index in [0.717, 1.165) is 14.9 Å². The summed E-state index contributed by atoms with van der Waals surface area (Å²) in [6.07, 6.45) is 0.570. The molecule has 2 aromatic rings. The van der Waals surface area contributed by atoms with Crippen LogP contribution in [0.15, 0.2) is 33.2 Å². The van der Waals surface area contributed by atoms with Crippen LogP contribution in [-0.4, -0.2) is 32.6 Å². The first-order valence-corrected chi connectivity index (χ1v) is 8.81. The Bertz CT molecular complexity index is 820. The van der Waals surface area contributed by atoms with Crippen molar-refractivity contribution in [2.24, 2.45) is 5.92 Å². The third kappa shape index (κ3) is 3.44. The highest BCUT2D eigenvalue weighted by atomic mass is 79.9. The summed E-state index contributed by atoms with van der Waals surface area (Å²) in [6, 6.07) is 7.02. The third-order valence-electron chi connectivity index (χ3n) is 4.03. The van der Waals surface area contributed by atoms with Gasteiger partial charge in [0, 0.05) is 4.47 Å². The fourth-order valence-electron chi connectivity index (χ4n) is 3.04. The van der Waals surface area contributed by atoms with E-state index in [0.29, 0.717) is 12.3 Å². The Balaban J connectivity index is 1.78. The SMILES string of the molecule is CC(C)CC1(C)NC(=O)N(Cc2nnc(-c3ccccc3Br)o2)C1=O. The zero-order chi connectivity index (χ0) is 18.2. The van der Waals surface area contributed by atoms with Crippen LogP contribution in [0, 0.1) is 5.92 Å². The van der Waals surface area contributed by atoms with Gasteiger partial charge in [-0.15, -0.1) is 10.2 Å². The molecule has 3 rings (SSSR count). The fourth-order valence-corrected chi connectivity index (χ4v) is 3.50. The highest BCUT2D eigenvalue weighted by Gasteiger charge is 2.48. The first-order chi connectivity index (χ1) is 11.8. The number of carbonyl (C=O) groups is 2. The van der Waals surface area contributed by atoms with E-state index in [1.54, 1.807) is 6.92 Å². The maximum absolute atomic E-state index is 12.7. The monoisotopic (exact) mass is 406 g/mol. The summed E-state index contributed by atoms with van der Waals surface area (Å²) in [5.41, 5.74) is -0.139. The number of nitrogens with zero attached hydrogens (tertiary/aromatic N) is 3. The van der Waals surface area contributed by atoms with Crippen LogP contribution in [0.25, 0.3) is 11.5 Å². The smallest absolute Gasteiger partial charge is 0.325 e. The zero-order valence-corrected chi connectivity index (χ0v) is 15.8. The molecule has 1 atom stereocenters. The summed E-state index contributed by atoms with van der Waals surface area (Å²) < 4.78 is 6.46. The first-order valence-electron chi connectivity index (χ1n) is 8.01. The molecule has 0 aliphatic carbocycles. The molecule has 1 N–H and O–H groups in total. The van der Waals surface area contributed by atoms with Gasteiger partial charge < -0.3 is 9.73 Å². The van der Waals surface area contributed by atoms with E-state index in [1.807, 2.05) is 38.1 Å². The summed E-state index contributed by atoms with van der Waals surface area (Å²) in [7, 11) is 0. The second-order valence-corrected chi connectivity index (χ2v) is 7.59. The van der Waals surface area contributed by atoms with Gasteiger partial charge in [-0.3, -0.25) is 9.69 Å². The molecule has 8 heteroatoms. The lowest BCUT2D eigenvalue weighted by atomic mass is 9.91. The number of urea groups is 1. The molecule has 0 radical (unpaired) electrons. The Hall–Kier alpha value is -2.22. The van der Waals surface area contributed by atoms with E-state index < -0.39 is 11.6 Å². The van der Waals surface area contributed by atoms with Gasteiger partial charge in [-0.05, 0) is 47.3 Å². The number of hydrogen-bond acceptors (Lipinski definition) is 5. The van der Waals surface area contributed by atoms with Crippen molar-refractivity contribution in [1.82, 2.24) is 20.4 Å². The van der Waals surface area contributed by atoms with Gasteiger partial charge in [0.05, 0.1) is 5.56 Å². The minimum absolute atomic E-state index is 0.0458. The summed E-state index contributed by atoms with van der Waals surface area (Å²) in [5, 5.41) is 10.7. The zero-order valence-electron chi connectivity index (χ0n) is 14.2. The number of hydrogen-bond donors (Lipinski definition) is 1. The van der Waals surface area contributed by atoms with Gasteiger partial charge in [0.2, 0.25) is 11.8 Å². The molecule has 3 amide bonds. The fraction of sp³-hybridized carbons (Fsp3) is 0.412. The van der Waals surface area contributed by atoms with Crippen LogP contribution in [0.1, 0.15) is 33.1 Å². The molecule has 1 aromatic carbocycles. The maximum atomic E-state index is 12.7. The molecule has 1 aliphatic heterocycles. The topological polar surface area (TPSA) is 88.3 Å². The molecular formula is C17H19BrN4O3. The van der Waals surface area contributed by atoms with Gasteiger partial charge in [-0.1, -0.05) is 26.0 Å². The van der Waals surface area contributed by atoms with Crippen LogP contribution >= 0.6 is 15.9 Å². The molecule has 1 aromatic heterocycles. The summed E-state index contributed by atoms with van der Waals surface area (Å²) >= 11 is 3.43. The van der Waals surface area contributed by atoms with Crippen molar-refractivity contribution in [1.29, 1.82) is 0 Å². The van der Waals surface area contributed by atoms with Gasteiger partial charge >= 0.3 is 6.03 Å². The Morgan fingerprint density at radius 1 is 1.28 bits per heavy atom. The van der Waals surface area contributed by atoms with Crippen molar-refractivity contribution in [2.45, 2.75) is 39.3 Å². The minimum atomic E-state index is -0.892. The highest BCUT2D eigenvalue weighted by molar-refractivity contribution is 9.10. The van der Waals surface area contributed by atoms with Gasteiger partial charge in [0.15, 0.2) is 0 Å². The normalized spacial score (nSPS) is 20.4. The van der Waals surface area contributed by atoms with Gasteiger partial charge in [0.1, 0.15) is 12.1 Å². The van der Waals surface area contributed by atoms with Crippen molar-refractivity contribution < 1.29 is 14.0 Å². The standard InChI is InChI=1S/C17H19BrN4O3/c1-10(2)8-17(3)15(23)22(16(24)19-17)9-13-20-21-14(25-13)11-6-4-5-7-12(11)18/h4-7,10H,8-9H2,1-3H3,(H,19,24). The second kappa shape index (κ2) is 6.59. The van der Waals surface area contributed by atoms with E-state index in [-0.39, 0.29) is 24.3 Å². The van der Waals surface area contributed by atoms with Crippen LogP contribution in [0.5, 0.6) is 0 Å². The highest BCUT2D eigenvalue weighted by Crippen LogP contribution is 2.29. The van der Waals surface area contributed by atoms with Gasteiger partial charge in [-0.2, -0.15) is 0 Å². The molecule has 132 valence electrons. The van der Waals surface area contributed by atoms with Gasteiger partial charge in [-0.25, -0.2) is 4.79 Å². The third-order valence-corrected chi connectivity index (χ3v) is 4.72. The minimum Gasteiger partial charge on any atom is -0.419 e. The Morgan fingerprint density at radius 3 is 2.68 bits per heavy atom. The van der Waals surface area contributed by atoms with E-state index in [9.17, 15) is 9.59 Å². The Labute approximate surface area is 153 Å². The van der Waals surface area contributed by atoms with Crippen LogP contribution in [0.4, 0.5) is 4.79 Å². The molecule has 1 aliphatic rings. The van der Waals surface area contributed by atoms with Crippen molar-refractivity contribution in [3.8, 4) is 11.5 Å². The van der Waals surface area contributed by atoms with Crippen LogP contribution in [-0.2, 0) is 11.3 Å². The average molecular weight is 407 g/mol. The summed E-state index contributed by atoms with van der Waals surface area (Å²) in [4.78, 5) is 26.0. The predicted octanol–water partition coefficient (Wildman–Crippen LogP) is 3.36. The Morgan fingerprint density at radius 2 is 2.00 bits per heavy atom. The van der Waals surface area contributed by atoms with Crippen molar-refractivity contribution in [3.63, 3.8) is 0 Å². The lowest BCUT2D eigenvalue weighted by Crippen LogP contribution is -2.44. The molecule has 7 nitrogen and oxygen atoms in total. The molecular weight excluding hydrogens is 388 g/mol. The molecule has 0 saturated carbocycles. The lowest BCUT2D eigenvalue weighted by Gasteiger charge is -2.23. The molecule has 1 unspecified atom stereocenters. The van der Waals surface area contributed by atoms with Crippen molar-refractivity contribution in [3.05, 3.63) is 34.6 Å². The lowest BCUT2D eigenvalue weighted by molar-refractivity contribution is -0.131. The Kier molecular flexibility index (Phi) is 4.64. The first kappa shape index (κ1) is 17.6.